The van der Waals surface area contributed by atoms with Gasteiger partial charge in [0.25, 0.3) is 0 Å². The fraction of sp³-hybridized carbons (Fsp3) is 0.531. The number of unbranched alkanes of at least 4 members (excludes halogenated alkanes) is 1. The van der Waals surface area contributed by atoms with Gasteiger partial charge in [-0.3, -0.25) is 9.59 Å². The molecule has 220 valence electrons. The second-order valence-corrected chi connectivity index (χ2v) is 10.7. The highest BCUT2D eigenvalue weighted by atomic mass is 16.5. The van der Waals surface area contributed by atoms with Gasteiger partial charge in [-0.05, 0) is 41.5 Å². The molecule has 8 nitrogen and oxygen atoms in total. The van der Waals surface area contributed by atoms with Crippen molar-refractivity contribution in [2.75, 3.05) is 33.4 Å². The Labute approximate surface area is 238 Å². The first-order chi connectivity index (χ1) is 19.1. The zero-order valence-electron chi connectivity index (χ0n) is 24.6. The number of alkyl carbamates (subject to hydrolysis) is 1. The predicted molar refractivity (Wildman–Crippen MR) is 157 cm³/mol. The summed E-state index contributed by atoms with van der Waals surface area (Å²) in [5, 5.41) is 15.8. The van der Waals surface area contributed by atoms with Gasteiger partial charge in [0.1, 0.15) is 12.4 Å². The third-order valence-electron chi connectivity index (χ3n) is 6.96. The molecule has 0 unspecified atom stereocenters. The average Bonchev–Trinajstić information content (AvgIpc) is 3.26. The first-order valence-corrected chi connectivity index (χ1v) is 14.2. The van der Waals surface area contributed by atoms with Crippen molar-refractivity contribution in [3.63, 3.8) is 0 Å². The number of methoxy groups -OCH3 is 1. The van der Waals surface area contributed by atoms with E-state index in [4.69, 9.17) is 4.74 Å². The normalized spacial score (nSPS) is 13.4. The van der Waals surface area contributed by atoms with E-state index in [0.717, 1.165) is 30.4 Å². The zero-order chi connectivity index (χ0) is 29.5. The SMILES string of the molecule is CC(C)CCCCNC(=O)[C@@H](C)[C@@H](O)CNC(=O)OCC1c2ccccc2-c2ccccc21.COCCC(C)=O. The number of carbonyl (C=O) groups excluding carboxylic acids is 3. The van der Waals surface area contributed by atoms with Crippen LogP contribution in [0.15, 0.2) is 48.5 Å². The van der Waals surface area contributed by atoms with Gasteiger partial charge >= 0.3 is 6.09 Å². The van der Waals surface area contributed by atoms with Crippen molar-refractivity contribution in [1.82, 2.24) is 10.6 Å². The van der Waals surface area contributed by atoms with Crippen LogP contribution in [-0.2, 0) is 19.1 Å². The van der Waals surface area contributed by atoms with E-state index in [0.29, 0.717) is 25.5 Å². The third-order valence-corrected chi connectivity index (χ3v) is 6.96. The molecule has 0 bridgehead atoms. The Balaban J connectivity index is 0.000000708. The highest BCUT2D eigenvalue weighted by molar-refractivity contribution is 5.80. The highest BCUT2D eigenvalue weighted by Crippen LogP contribution is 2.44. The molecule has 0 heterocycles. The van der Waals surface area contributed by atoms with Crippen LogP contribution in [0.1, 0.15) is 70.4 Å². The molecule has 8 heteroatoms. The molecular weight excluding hydrogens is 508 g/mol. The zero-order valence-corrected chi connectivity index (χ0v) is 24.6. The number of nitrogens with one attached hydrogen (secondary N) is 2. The van der Waals surface area contributed by atoms with Crippen LogP contribution >= 0.6 is 0 Å². The quantitative estimate of drug-likeness (QED) is 0.281. The minimum absolute atomic E-state index is 0.0199. The molecule has 0 radical (unpaired) electrons. The van der Waals surface area contributed by atoms with E-state index in [1.165, 1.54) is 11.1 Å². The van der Waals surface area contributed by atoms with Crippen LogP contribution in [0.3, 0.4) is 0 Å². The van der Waals surface area contributed by atoms with Crippen molar-refractivity contribution in [2.45, 2.75) is 65.4 Å². The van der Waals surface area contributed by atoms with Gasteiger partial charge in [-0.25, -0.2) is 4.79 Å². The Bertz CT molecular complexity index is 1040. The van der Waals surface area contributed by atoms with Crippen molar-refractivity contribution >= 4 is 17.8 Å². The summed E-state index contributed by atoms with van der Waals surface area (Å²) < 4.78 is 10.1. The van der Waals surface area contributed by atoms with Gasteiger partial charge in [-0.15, -0.1) is 0 Å². The van der Waals surface area contributed by atoms with E-state index in [-0.39, 0.29) is 30.8 Å². The first kappa shape index (κ1) is 33.0. The number of aliphatic hydroxyl groups excluding tert-OH is 1. The minimum Gasteiger partial charge on any atom is -0.449 e. The summed E-state index contributed by atoms with van der Waals surface area (Å²) in [5.74, 6) is -0.00822. The van der Waals surface area contributed by atoms with Crippen LogP contribution in [-0.4, -0.2) is 62.4 Å². The molecular formula is C32H46N2O6. The number of rotatable bonds is 14. The van der Waals surface area contributed by atoms with Crippen molar-refractivity contribution in [3.05, 3.63) is 59.7 Å². The van der Waals surface area contributed by atoms with E-state index in [1.54, 1.807) is 21.0 Å². The van der Waals surface area contributed by atoms with E-state index >= 15 is 0 Å². The Hall–Kier alpha value is -3.23. The van der Waals surface area contributed by atoms with Gasteiger partial charge in [-0.1, -0.05) is 82.1 Å². The van der Waals surface area contributed by atoms with Gasteiger partial charge in [0.15, 0.2) is 0 Å². The summed E-state index contributed by atoms with van der Waals surface area (Å²) in [7, 11) is 1.59. The number of Topliss-reactive ketones (excluding diaryl/α,β-unsaturated/α-hetero) is 1. The number of ketones is 1. The molecule has 0 fully saturated rings. The van der Waals surface area contributed by atoms with Crippen molar-refractivity contribution < 1.29 is 29.0 Å². The first-order valence-electron chi connectivity index (χ1n) is 14.2. The number of fused-ring (bicyclic) bond motifs is 3. The standard InChI is InChI=1S/C27H36N2O4.C5H10O2/c1-18(2)10-8-9-15-28-26(31)19(3)25(30)16-29-27(32)33-17-24-22-13-6-4-11-20(22)21-12-5-7-14-23(21)24;1-5(6)3-4-7-2/h4-7,11-14,18-19,24-25,30H,8-10,15-17H2,1-3H3,(H,28,31)(H,29,32);3-4H2,1-2H3/t19-,25-;/m0./s1. The molecule has 40 heavy (non-hydrogen) atoms. The second kappa shape index (κ2) is 17.5. The smallest absolute Gasteiger partial charge is 0.407 e. The summed E-state index contributed by atoms with van der Waals surface area (Å²) in [6, 6.07) is 16.3. The molecule has 0 saturated carbocycles. The molecule has 0 saturated heterocycles. The fourth-order valence-corrected chi connectivity index (χ4v) is 4.48. The number of aliphatic hydroxyl groups is 1. The average molecular weight is 555 g/mol. The minimum atomic E-state index is -0.985. The lowest BCUT2D eigenvalue weighted by atomic mass is 9.98. The topological polar surface area (TPSA) is 114 Å². The number of hydrogen-bond acceptors (Lipinski definition) is 6. The van der Waals surface area contributed by atoms with E-state index in [9.17, 15) is 19.5 Å². The molecule has 0 spiro atoms. The van der Waals surface area contributed by atoms with Crippen LogP contribution < -0.4 is 10.6 Å². The molecule has 1 aliphatic carbocycles. The molecule has 2 atom stereocenters. The highest BCUT2D eigenvalue weighted by Gasteiger charge is 2.29. The van der Waals surface area contributed by atoms with Gasteiger partial charge in [0.2, 0.25) is 5.91 Å². The predicted octanol–water partition coefficient (Wildman–Crippen LogP) is 5.08. The van der Waals surface area contributed by atoms with Crippen LogP contribution in [0.4, 0.5) is 4.79 Å². The Kier molecular flexibility index (Phi) is 14.4. The van der Waals surface area contributed by atoms with Gasteiger partial charge in [0.05, 0.1) is 18.6 Å². The Morgan fingerprint density at radius 3 is 2.05 bits per heavy atom. The lowest BCUT2D eigenvalue weighted by molar-refractivity contribution is -0.127. The van der Waals surface area contributed by atoms with Crippen molar-refractivity contribution in [1.29, 1.82) is 0 Å². The Morgan fingerprint density at radius 1 is 0.925 bits per heavy atom. The van der Waals surface area contributed by atoms with Crippen LogP contribution in [0.25, 0.3) is 11.1 Å². The van der Waals surface area contributed by atoms with E-state index in [2.05, 4.69) is 53.5 Å². The van der Waals surface area contributed by atoms with E-state index < -0.39 is 18.1 Å². The molecule has 0 aliphatic heterocycles. The summed E-state index contributed by atoms with van der Waals surface area (Å²) in [6.07, 6.45) is 2.08. The maximum Gasteiger partial charge on any atom is 0.407 e. The van der Waals surface area contributed by atoms with Crippen LogP contribution in [0.2, 0.25) is 0 Å². The molecule has 3 rings (SSSR count). The molecule has 0 aromatic heterocycles. The summed E-state index contributed by atoms with van der Waals surface area (Å²) >= 11 is 0. The molecule has 2 aromatic carbocycles. The molecule has 2 amide bonds. The molecule has 3 N–H and O–H groups in total. The van der Waals surface area contributed by atoms with Crippen molar-refractivity contribution in [3.8, 4) is 11.1 Å². The summed E-state index contributed by atoms with van der Waals surface area (Å²) in [6.45, 7) is 8.90. The van der Waals surface area contributed by atoms with Gasteiger partial charge < -0.3 is 25.2 Å². The van der Waals surface area contributed by atoms with Gasteiger partial charge in [-0.2, -0.15) is 0 Å². The summed E-state index contributed by atoms with van der Waals surface area (Å²) in [5.41, 5.74) is 4.62. The number of hydrogen-bond donors (Lipinski definition) is 3. The number of carbonyl (C=O) groups is 3. The van der Waals surface area contributed by atoms with Gasteiger partial charge in [0, 0.05) is 32.5 Å². The van der Waals surface area contributed by atoms with Crippen LogP contribution in [0.5, 0.6) is 0 Å². The largest absolute Gasteiger partial charge is 0.449 e. The maximum absolute atomic E-state index is 12.3. The fourth-order valence-electron chi connectivity index (χ4n) is 4.48. The summed E-state index contributed by atoms with van der Waals surface area (Å²) in [4.78, 5) is 34.6. The lowest BCUT2D eigenvalue weighted by Crippen LogP contribution is -2.42. The van der Waals surface area contributed by atoms with E-state index in [1.807, 2.05) is 24.3 Å². The molecule has 2 aromatic rings. The lowest BCUT2D eigenvalue weighted by Gasteiger charge is -2.19. The number of benzene rings is 2. The third kappa shape index (κ3) is 10.7. The second-order valence-electron chi connectivity index (χ2n) is 10.7. The Morgan fingerprint density at radius 2 is 1.52 bits per heavy atom. The van der Waals surface area contributed by atoms with Crippen molar-refractivity contribution in [2.24, 2.45) is 11.8 Å². The molecule has 1 aliphatic rings. The monoisotopic (exact) mass is 554 g/mol. The number of ether oxygens (including phenoxy) is 2. The number of amides is 2. The maximum atomic E-state index is 12.3. The van der Waals surface area contributed by atoms with Crippen LogP contribution in [0, 0.1) is 11.8 Å².